The second-order valence-corrected chi connectivity index (χ2v) is 8.05. The van der Waals surface area contributed by atoms with Gasteiger partial charge in [0, 0.05) is 51.4 Å². The summed E-state index contributed by atoms with van der Waals surface area (Å²) in [6, 6.07) is 4.48. The molecule has 1 aliphatic heterocycles. The Balaban J connectivity index is 1.62. The number of primary amides is 1. The van der Waals surface area contributed by atoms with Gasteiger partial charge in [-0.25, -0.2) is 0 Å². The minimum atomic E-state index is -0.485. The summed E-state index contributed by atoms with van der Waals surface area (Å²) < 4.78 is 11.7. The molecule has 1 amide bonds. The number of amides is 1. The van der Waals surface area contributed by atoms with Crippen molar-refractivity contribution in [2.45, 2.75) is 49.9 Å². The van der Waals surface area contributed by atoms with Crippen LogP contribution in [0.5, 0.6) is 0 Å². The van der Waals surface area contributed by atoms with E-state index in [2.05, 4.69) is 9.88 Å². The van der Waals surface area contributed by atoms with Gasteiger partial charge in [-0.05, 0) is 43.4 Å². The summed E-state index contributed by atoms with van der Waals surface area (Å²) in [6.45, 7) is 2.08. The molecule has 0 spiro atoms. The van der Waals surface area contributed by atoms with Crippen LogP contribution in [0.25, 0.3) is 0 Å². The SMILES string of the molecule is COC1(c2ccnc(C(N)=O)c2)C2CCCC1CN([C@H]1C[C@@H](OC)C1)C2. The van der Waals surface area contributed by atoms with E-state index < -0.39 is 5.91 Å². The average Bonchev–Trinajstić information content (AvgIpc) is 2.60. The Kier molecular flexibility index (Phi) is 4.75. The Morgan fingerprint density at radius 1 is 1.27 bits per heavy atom. The molecule has 142 valence electrons. The molecule has 2 aliphatic carbocycles. The highest BCUT2D eigenvalue weighted by atomic mass is 16.5. The highest BCUT2D eigenvalue weighted by Gasteiger charge is 2.54. The molecule has 2 atom stereocenters. The van der Waals surface area contributed by atoms with Crippen molar-refractivity contribution in [3.8, 4) is 0 Å². The number of hydrogen-bond acceptors (Lipinski definition) is 5. The normalized spacial score (nSPS) is 37.2. The lowest BCUT2D eigenvalue weighted by Gasteiger charge is -2.58. The third-order valence-electron chi connectivity index (χ3n) is 6.95. The molecule has 6 nitrogen and oxygen atoms in total. The molecule has 2 unspecified atom stereocenters. The van der Waals surface area contributed by atoms with Gasteiger partial charge in [-0.1, -0.05) is 6.42 Å². The lowest BCUT2D eigenvalue weighted by Crippen LogP contribution is -2.63. The molecule has 4 rings (SSSR count). The Labute approximate surface area is 155 Å². The van der Waals surface area contributed by atoms with Crippen molar-refractivity contribution in [1.29, 1.82) is 0 Å². The Bertz CT molecular complexity index is 660. The molecule has 3 fully saturated rings. The van der Waals surface area contributed by atoms with Gasteiger partial charge in [0.25, 0.3) is 5.91 Å². The van der Waals surface area contributed by atoms with E-state index in [-0.39, 0.29) is 5.60 Å². The summed E-state index contributed by atoms with van der Waals surface area (Å²) in [5.41, 5.74) is 6.50. The number of nitrogens with two attached hydrogens (primary N) is 1. The molecule has 2 saturated carbocycles. The summed E-state index contributed by atoms with van der Waals surface area (Å²) in [7, 11) is 3.62. The molecular formula is C20H29N3O3. The maximum Gasteiger partial charge on any atom is 0.267 e. The number of aromatic nitrogens is 1. The third kappa shape index (κ3) is 2.75. The van der Waals surface area contributed by atoms with Crippen molar-refractivity contribution in [1.82, 2.24) is 9.88 Å². The van der Waals surface area contributed by atoms with E-state index in [1.165, 1.54) is 6.42 Å². The van der Waals surface area contributed by atoms with Gasteiger partial charge in [-0.15, -0.1) is 0 Å². The molecular weight excluding hydrogens is 330 g/mol. The Morgan fingerprint density at radius 2 is 1.96 bits per heavy atom. The highest BCUT2D eigenvalue weighted by molar-refractivity contribution is 5.90. The topological polar surface area (TPSA) is 77.7 Å². The van der Waals surface area contributed by atoms with Gasteiger partial charge in [0.15, 0.2) is 0 Å². The van der Waals surface area contributed by atoms with Crippen LogP contribution >= 0.6 is 0 Å². The average molecular weight is 359 g/mol. The minimum Gasteiger partial charge on any atom is -0.381 e. The van der Waals surface area contributed by atoms with Crippen molar-refractivity contribution in [3.63, 3.8) is 0 Å². The molecule has 1 aromatic rings. The molecule has 0 radical (unpaired) electrons. The van der Waals surface area contributed by atoms with Gasteiger partial charge in [-0.3, -0.25) is 14.7 Å². The van der Waals surface area contributed by atoms with Crippen LogP contribution in [0.2, 0.25) is 0 Å². The van der Waals surface area contributed by atoms with Crippen molar-refractivity contribution in [3.05, 3.63) is 29.6 Å². The molecule has 0 aromatic carbocycles. The summed E-state index contributed by atoms with van der Waals surface area (Å²) >= 11 is 0. The van der Waals surface area contributed by atoms with Gasteiger partial charge in [-0.2, -0.15) is 0 Å². The van der Waals surface area contributed by atoms with Crippen LogP contribution in [0, 0.1) is 11.8 Å². The maximum absolute atomic E-state index is 11.6. The number of carbonyl (C=O) groups excluding carboxylic acids is 1. The molecule has 2 heterocycles. The molecule has 2 N–H and O–H groups in total. The summed E-state index contributed by atoms with van der Waals surface area (Å²) in [4.78, 5) is 18.4. The third-order valence-corrected chi connectivity index (χ3v) is 6.95. The van der Waals surface area contributed by atoms with E-state index in [0.29, 0.717) is 29.7 Å². The van der Waals surface area contributed by atoms with E-state index in [0.717, 1.165) is 44.3 Å². The number of nitrogens with zero attached hydrogens (tertiary/aromatic N) is 2. The lowest BCUT2D eigenvalue weighted by molar-refractivity contribution is -0.183. The lowest BCUT2D eigenvalue weighted by atomic mass is 9.61. The van der Waals surface area contributed by atoms with Gasteiger partial charge in [0.2, 0.25) is 0 Å². The molecule has 2 bridgehead atoms. The fourth-order valence-corrected chi connectivity index (χ4v) is 5.52. The highest BCUT2D eigenvalue weighted by Crippen LogP contribution is 2.52. The van der Waals surface area contributed by atoms with Gasteiger partial charge in [0.1, 0.15) is 11.3 Å². The van der Waals surface area contributed by atoms with Crippen LogP contribution in [-0.4, -0.2) is 55.2 Å². The van der Waals surface area contributed by atoms with E-state index in [1.807, 2.05) is 26.4 Å². The number of carbonyl (C=O) groups is 1. The fourth-order valence-electron chi connectivity index (χ4n) is 5.52. The van der Waals surface area contributed by atoms with Gasteiger partial charge in [0.05, 0.1) is 6.10 Å². The van der Waals surface area contributed by atoms with Crippen molar-refractivity contribution in [2.75, 3.05) is 27.3 Å². The van der Waals surface area contributed by atoms with Crippen LogP contribution in [-0.2, 0) is 15.1 Å². The van der Waals surface area contributed by atoms with E-state index in [9.17, 15) is 4.79 Å². The monoisotopic (exact) mass is 359 g/mol. The zero-order valence-corrected chi connectivity index (χ0v) is 15.7. The minimum absolute atomic E-state index is 0.321. The summed E-state index contributed by atoms with van der Waals surface area (Å²) in [5, 5.41) is 0. The van der Waals surface area contributed by atoms with Crippen molar-refractivity contribution < 1.29 is 14.3 Å². The summed E-state index contributed by atoms with van der Waals surface area (Å²) in [6.07, 6.45) is 7.92. The fraction of sp³-hybridized carbons (Fsp3) is 0.700. The van der Waals surface area contributed by atoms with E-state index >= 15 is 0 Å². The predicted octanol–water partition coefficient (Wildman–Crippen LogP) is 1.93. The zero-order chi connectivity index (χ0) is 18.3. The predicted molar refractivity (Wildman–Crippen MR) is 97.7 cm³/mol. The van der Waals surface area contributed by atoms with Crippen molar-refractivity contribution in [2.24, 2.45) is 17.6 Å². The number of methoxy groups -OCH3 is 2. The Hall–Kier alpha value is -1.50. The smallest absolute Gasteiger partial charge is 0.267 e. The van der Waals surface area contributed by atoms with Crippen LogP contribution in [0.1, 0.15) is 48.2 Å². The summed E-state index contributed by atoms with van der Waals surface area (Å²) in [5.74, 6) is 0.357. The van der Waals surface area contributed by atoms with Crippen molar-refractivity contribution >= 4 is 5.91 Å². The second kappa shape index (κ2) is 6.91. The van der Waals surface area contributed by atoms with Gasteiger partial charge < -0.3 is 15.2 Å². The standard InChI is InChI=1S/C20H29N3O3/c1-25-17-9-16(10-17)23-11-14-4-3-5-15(12-23)20(14,26-2)13-6-7-22-18(8-13)19(21)24/h6-8,14-17H,3-5,9-12H2,1-2H3,(H2,21,24)/t14?,15?,16-,17+,20?. The maximum atomic E-state index is 11.6. The van der Waals surface area contributed by atoms with Crippen LogP contribution < -0.4 is 5.73 Å². The quantitative estimate of drug-likeness (QED) is 0.869. The number of ether oxygens (including phenoxy) is 2. The number of fused-ring (bicyclic) bond motifs is 2. The van der Waals surface area contributed by atoms with E-state index in [4.69, 9.17) is 15.2 Å². The van der Waals surface area contributed by atoms with Crippen LogP contribution in [0.3, 0.4) is 0 Å². The molecule has 1 aromatic heterocycles. The zero-order valence-electron chi connectivity index (χ0n) is 15.7. The number of pyridine rings is 1. The first-order valence-electron chi connectivity index (χ1n) is 9.66. The van der Waals surface area contributed by atoms with Crippen LogP contribution in [0.15, 0.2) is 18.3 Å². The number of piperidine rings is 1. The largest absolute Gasteiger partial charge is 0.381 e. The van der Waals surface area contributed by atoms with E-state index in [1.54, 1.807) is 6.20 Å². The second-order valence-electron chi connectivity index (χ2n) is 8.05. The Morgan fingerprint density at radius 3 is 2.54 bits per heavy atom. The molecule has 1 saturated heterocycles. The molecule has 6 heteroatoms. The van der Waals surface area contributed by atoms with Crippen LogP contribution in [0.4, 0.5) is 0 Å². The number of likely N-dealkylation sites (tertiary alicyclic amines) is 1. The molecule has 26 heavy (non-hydrogen) atoms. The molecule has 3 aliphatic rings. The number of rotatable bonds is 5. The first-order chi connectivity index (χ1) is 12.6. The first kappa shape index (κ1) is 17.9. The first-order valence-corrected chi connectivity index (χ1v) is 9.66. The number of hydrogen-bond donors (Lipinski definition) is 1. The van der Waals surface area contributed by atoms with Gasteiger partial charge >= 0.3 is 0 Å².